The zero-order valence-electron chi connectivity index (χ0n) is 10.4. The Balaban J connectivity index is 2.89. The van der Waals surface area contributed by atoms with Gasteiger partial charge in [0.15, 0.2) is 9.84 Å². The fraction of sp³-hybridized carbons (Fsp3) is 0.417. The number of rotatable bonds is 6. The van der Waals surface area contributed by atoms with Crippen molar-refractivity contribution in [3.63, 3.8) is 0 Å². The number of para-hydroxylation sites is 1. The maximum Gasteiger partial charge on any atom is 0.308 e. The molecule has 1 rings (SSSR count). The van der Waals surface area contributed by atoms with Crippen LogP contribution in [0.3, 0.4) is 0 Å². The van der Waals surface area contributed by atoms with Gasteiger partial charge in [0.1, 0.15) is 0 Å². The van der Waals surface area contributed by atoms with E-state index in [1.807, 2.05) is 0 Å². The highest BCUT2D eigenvalue weighted by Crippen LogP contribution is 2.21. The Morgan fingerprint density at radius 1 is 1.39 bits per heavy atom. The first kappa shape index (κ1) is 14.5. The molecule has 6 heteroatoms. The molecule has 0 saturated carbocycles. The topological polar surface area (TPSA) is 83.5 Å². The lowest BCUT2D eigenvalue weighted by Crippen LogP contribution is -2.22. The Kier molecular flexibility index (Phi) is 4.72. The molecule has 0 fully saturated rings. The summed E-state index contributed by atoms with van der Waals surface area (Å²) in [7, 11) is -3.32. The summed E-state index contributed by atoms with van der Waals surface area (Å²) in [4.78, 5) is 11.1. The minimum Gasteiger partial charge on any atom is -0.481 e. The van der Waals surface area contributed by atoms with Crippen molar-refractivity contribution in [1.29, 1.82) is 0 Å². The lowest BCUT2D eigenvalue weighted by Gasteiger charge is -2.14. The average Bonchev–Trinajstić information content (AvgIpc) is 2.28. The van der Waals surface area contributed by atoms with Crippen molar-refractivity contribution in [2.75, 3.05) is 18.1 Å². The van der Waals surface area contributed by atoms with E-state index in [2.05, 4.69) is 5.32 Å². The highest BCUT2D eigenvalue weighted by atomic mass is 32.2. The van der Waals surface area contributed by atoms with Gasteiger partial charge in [-0.1, -0.05) is 19.1 Å². The number of carboxylic acid groups (broad SMARTS) is 1. The van der Waals surface area contributed by atoms with E-state index in [0.29, 0.717) is 12.1 Å². The number of nitrogens with one attached hydrogen (secondary N) is 1. The maximum absolute atomic E-state index is 11.5. The van der Waals surface area contributed by atoms with Crippen LogP contribution in [0.25, 0.3) is 0 Å². The first-order chi connectivity index (χ1) is 8.36. The summed E-state index contributed by atoms with van der Waals surface area (Å²) in [5.41, 5.74) is 0.444. The van der Waals surface area contributed by atoms with Crippen molar-refractivity contribution in [2.24, 2.45) is 5.92 Å². The third kappa shape index (κ3) is 3.73. The standard InChI is InChI=1S/C12H17NO4S/c1-3-9(12(14)15)8-13-10-6-4-5-7-11(10)18(2,16)17/h4-7,9,13H,3,8H2,1-2H3,(H,14,15). The SMILES string of the molecule is CCC(CNc1ccccc1S(C)(=O)=O)C(=O)O. The molecule has 100 valence electrons. The van der Waals surface area contributed by atoms with Crippen molar-refractivity contribution < 1.29 is 18.3 Å². The van der Waals surface area contributed by atoms with Gasteiger partial charge in [-0.15, -0.1) is 0 Å². The number of carbonyl (C=O) groups is 1. The zero-order valence-corrected chi connectivity index (χ0v) is 11.2. The lowest BCUT2D eigenvalue weighted by atomic mass is 10.1. The quantitative estimate of drug-likeness (QED) is 0.821. The summed E-state index contributed by atoms with van der Waals surface area (Å²) in [6, 6.07) is 6.47. The molecule has 0 aliphatic carbocycles. The second-order valence-electron chi connectivity index (χ2n) is 4.09. The van der Waals surface area contributed by atoms with Gasteiger partial charge in [0.2, 0.25) is 0 Å². The molecule has 1 atom stereocenters. The first-order valence-electron chi connectivity index (χ1n) is 5.62. The molecule has 1 unspecified atom stereocenters. The van der Waals surface area contributed by atoms with Crippen molar-refractivity contribution in [2.45, 2.75) is 18.2 Å². The van der Waals surface area contributed by atoms with E-state index in [1.54, 1.807) is 25.1 Å². The summed E-state index contributed by atoms with van der Waals surface area (Å²) in [5.74, 6) is -1.42. The predicted octanol–water partition coefficient (Wildman–Crippen LogP) is 1.61. The molecule has 2 N–H and O–H groups in total. The van der Waals surface area contributed by atoms with Gasteiger partial charge in [0.25, 0.3) is 0 Å². The van der Waals surface area contributed by atoms with Crippen LogP contribution in [0.1, 0.15) is 13.3 Å². The van der Waals surface area contributed by atoms with Gasteiger partial charge in [-0.3, -0.25) is 4.79 Å². The van der Waals surface area contributed by atoms with Crippen LogP contribution in [0.2, 0.25) is 0 Å². The lowest BCUT2D eigenvalue weighted by molar-refractivity contribution is -0.141. The Morgan fingerprint density at radius 3 is 2.50 bits per heavy atom. The Morgan fingerprint density at radius 2 is 2.00 bits per heavy atom. The van der Waals surface area contributed by atoms with Crippen LogP contribution in [0.15, 0.2) is 29.2 Å². The highest BCUT2D eigenvalue weighted by Gasteiger charge is 2.17. The van der Waals surface area contributed by atoms with E-state index >= 15 is 0 Å². The molecule has 1 aromatic rings. The molecule has 0 bridgehead atoms. The minimum atomic E-state index is -3.32. The Bertz CT molecular complexity index is 525. The number of carboxylic acids is 1. The second kappa shape index (κ2) is 5.86. The van der Waals surface area contributed by atoms with Crippen LogP contribution < -0.4 is 5.32 Å². The van der Waals surface area contributed by atoms with Gasteiger partial charge in [0, 0.05) is 12.8 Å². The predicted molar refractivity (Wildman–Crippen MR) is 69.5 cm³/mol. The first-order valence-corrected chi connectivity index (χ1v) is 7.51. The molecule has 0 aliphatic rings. The van der Waals surface area contributed by atoms with E-state index in [-0.39, 0.29) is 11.4 Å². The van der Waals surface area contributed by atoms with Crippen LogP contribution in [-0.4, -0.2) is 32.3 Å². The Labute approximate surface area is 107 Å². The smallest absolute Gasteiger partial charge is 0.308 e. The van der Waals surface area contributed by atoms with Gasteiger partial charge in [0.05, 0.1) is 16.5 Å². The normalized spacial score (nSPS) is 13.0. The highest BCUT2D eigenvalue weighted by molar-refractivity contribution is 7.90. The minimum absolute atomic E-state index is 0.185. The van der Waals surface area contributed by atoms with Crippen LogP contribution in [-0.2, 0) is 14.6 Å². The fourth-order valence-electron chi connectivity index (χ4n) is 1.58. The third-order valence-corrected chi connectivity index (χ3v) is 3.82. The average molecular weight is 271 g/mol. The van der Waals surface area contributed by atoms with Crippen LogP contribution in [0.4, 0.5) is 5.69 Å². The summed E-state index contributed by atoms with van der Waals surface area (Å²) < 4.78 is 23.1. The van der Waals surface area contributed by atoms with Crippen LogP contribution >= 0.6 is 0 Å². The van der Waals surface area contributed by atoms with E-state index in [1.165, 1.54) is 6.07 Å². The molecule has 0 aromatic heterocycles. The summed E-state index contributed by atoms with van der Waals surface area (Å²) in [6.07, 6.45) is 1.62. The molecule has 0 amide bonds. The monoisotopic (exact) mass is 271 g/mol. The largest absolute Gasteiger partial charge is 0.481 e. The van der Waals surface area contributed by atoms with Gasteiger partial charge in [-0.2, -0.15) is 0 Å². The summed E-state index contributed by atoms with van der Waals surface area (Å²) in [6.45, 7) is 1.99. The fourth-order valence-corrected chi connectivity index (χ4v) is 2.44. The van der Waals surface area contributed by atoms with Crippen molar-refractivity contribution >= 4 is 21.5 Å². The number of hydrogen-bond acceptors (Lipinski definition) is 4. The molecule has 0 aliphatic heterocycles. The van der Waals surface area contributed by atoms with Crippen molar-refractivity contribution in [3.05, 3.63) is 24.3 Å². The van der Waals surface area contributed by atoms with Crippen LogP contribution in [0.5, 0.6) is 0 Å². The molecule has 0 saturated heterocycles. The number of sulfone groups is 1. The van der Waals surface area contributed by atoms with Gasteiger partial charge in [-0.05, 0) is 18.6 Å². The van der Waals surface area contributed by atoms with E-state index < -0.39 is 21.7 Å². The number of aliphatic carboxylic acids is 1. The molecule has 0 heterocycles. The molecule has 0 radical (unpaired) electrons. The summed E-state index contributed by atoms with van der Waals surface area (Å²) in [5, 5.41) is 11.8. The van der Waals surface area contributed by atoms with E-state index in [4.69, 9.17) is 5.11 Å². The number of anilines is 1. The van der Waals surface area contributed by atoms with Crippen molar-refractivity contribution in [1.82, 2.24) is 0 Å². The van der Waals surface area contributed by atoms with E-state index in [0.717, 1.165) is 6.26 Å². The van der Waals surface area contributed by atoms with Crippen LogP contribution in [0, 0.1) is 5.92 Å². The summed E-state index contributed by atoms with van der Waals surface area (Å²) >= 11 is 0. The zero-order chi connectivity index (χ0) is 13.8. The van der Waals surface area contributed by atoms with Crippen molar-refractivity contribution in [3.8, 4) is 0 Å². The molecular formula is C12H17NO4S. The van der Waals surface area contributed by atoms with Gasteiger partial charge >= 0.3 is 5.97 Å². The van der Waals surface area contributed by atoms with E-state index in [9.17, 15) is 13.2 Å². The molecule has 0 spiro atoms. The Hall–Kier alpha value is -1.56. The van der Waals surface area contributed by atoms with Gasteiger partial charge < -0.3 is 10.4 Å². The maximum atomic E-state index is 11.5. The third-order valence-electron chi connectivity index (χ3n) is 2.67. The number of benzene rings is 1. The molecule has 1 aromatic carbocycles. The molecule has 5 nitrogen and oxygen atoms in total. The van der Waals surface area contributed by atoms with Gasteiger partial charge in [-0.25, -0.2) is 8.42 Å². The number of hydrogen-bond donors (Lipinski definition) is 2. The molecular weight excluding hydrogens is 254 g/mol. The molecule has 18 heavy (non-hydrogen) atoms. The second-order valence-corrected chi connectivity index (χ2v) is 6.08.